The summed E-state index contributed by atoms with van der Waals surface area (Å²) in [6, 6.07) is 7.73. The van der Waals surface area contributed by atoms with Crippen LogP contribution in [0.3, 0.4) is 0 Å². The number of aryl methyl sites for hydroxylation is 1. The van der Waals surface area contributed by atoms with Gasteiger partial charge in [-0.2, -0.15) is 0 Å². The van der Waals surface area contributed by atoms with Gasteiger partial charge in [0.25, 0.3) is 5.91 Å². The molecule has 1 aromatic heterocycles. The van der Waals surface area contributed by atoms with Gasteiger partial charge in [0, 0.05) is 10.9 Å². The monoisotopic (exact) mass is 317 g/mol. The molecule has 2 aromatic rings. The molecule has 1 saturated heterocycles. The summed E-state index contributed by atoms with van der Waals surface area (Å²) < 4.78 is 16.8. The largest absolute Gasteiger partial charge is 0.459 e. The van der Waals surface area contributed by atoms with Gasteiger partial charge in [-0.15, -0.1) is 0 Å². The fourth-order valence-electron chi connectivity index (χ4n) is 2.91. The summed E-state index contributed by atoms with van der Waals surface area (Å²) in [4.78, 5) is 12.5. The Morgan fingerprint density at radius 2 is 2.04 bits per heavy atom. The van der Waals surface area contributed by atoms with Crippen LogP contribution in [0.25, 0.3) is 11.0 Å². The average molecular weight is 317 g/mol. The molecule has 5 heteroatoms. The van der Waals surface area contributed by atoms with Crippen molar-refractivity contribution in [3.63, 3.8) is 0 Å². The molecule has 0 aliphatic carbocycles. The Morgan fingerprint density at radius 3 is 2.70 bits per heavy atom. The highest BCUT2D eigenvalue weighted by molar-refractivity contribution is 5.84. The Balaban J connectivity index is 1.85. The molecule has 1 amide bonds. The van der Waals surface area contributed by atoms with Gasteiger partial charge in [-0.05, 0) is 18.9 Å². The summed E-state index contributed by atoms with van der Waals surface area (Å²) in [5, 5.41) is 4.15. The third kappa shape index (κ3) is 3.26. The van der Waals surface area contributed by atoms with E-state index in [9.17, 15) is 4.79 Å². The van der Waals surface area contributed by atoms with Crippen molar-refractivity contribution in [1.82, 2.24) is 5.32 Å². The topological polar surface area (TPSA) is 60.7 Å². The quantitative estimate of drug-likeness (QED) is 0.942. The number of para-hydroxylation sites is 1. The summed E-state index contributed by atoms with van der Waals surface area (Å²) in [6.07, 6.45) is -0.547. The third-order valence-electron chi connectivity index (χ3n) is 4.24. The summed E-state index contributed by atoms with van der Waals surface area (Å²) in [5.41, 5.74) is 1.91. The predicted molar refractivity (Wildman–Crippen MR) is 87.2 cm³/mol. The van der Waals surface area contributed by atoms with Crippen LogP contribution < -0.4 is 5.32 Å². The molecular weight excluding hydrogens is 294 g/mol. The van der Waals surface area contributed by atoms with Crippen LogP contribution in [-0.4, -0.2) is 31.8 Å². The first-order valence-corrected chi connectivity index (χ1v) is 8.05. The molecule has 0 unspecified atom stereocenters. The number of carbonyl (C=O) groups is 1. The van der Waals surface area contributed by atoms with Crippen molar-refractivity contribution in [3.05, 3.63) is 35.6 Å². The van der Waals surface area contributed by atoms with Crippen LogP contribution in [0.15, 0.2) is 28.7 Å². The van der Waals surface area contributed by atoms with Crippen LogP contribution in [0, 0.1) is 12.8 Å². The Labute approximate surface area is 135 Å². The average Bonchev–Trinajstić information content (AvgIpc) is 2.90. The van der Waals surface area contributed by atoms with Crippen LogP contribution in [-0.2, 0) is 14.3 Å². The van der Waals surface area contributed by atoms with Crippen molar-refractivity contribution in [2.24, 2.45) is 5.92 Å². The van der Waals surface area contributed by atoms with Crippen molar-refractivity contribution >= 4 is 16.9 Å². The number of fused-ring (bicyclic) bond motifs is 1. The second-order valence-electron chi connectivity index (χ2n) is 6.25. The highest BCUT2D eigenvalue weighted by atomic mass is 16.6. The van der Waals surface area contributed by atoms with Gasteiger partial charge in [0.15, 0.2) is 6.10 Å². The third-order valence-corrected chi connectivity index (χ3v) is 4.24. The number of nitrogens with one attached hydrogen (secondary N) is 1. The minimum atomic E-state index is -0.547. The van der Waals surface area contributed by atoms with Crippen molar-refractivity contribution in [3.8, 4) is 0 Å². The van der Waals surface area contributed by atoms with Crippen molar-refractivity contribution < 1.29 is 18.7 Å². The molecule has 2 atom stereocenters. The van der Waals surface area contributed by atoms with Gasteiger partial charge in [0.1, 0.15) is 11.3 Å². The molecular formula is C18H23NO4. The second-order valence-corrected chi connectivity index (χ2v) is 6.25. The SMILES string of the molecule is Cc1c([C@@H](NC(=O)[C@@H]2COCCO2)C(C)C)oc2ccccc12. The van der Waals surface area contributed by atoms with Crippen molar-refractivity contribution in [1.29, 1.82) is 0 Å². The fourth-order valence-corrected chi connectivity index (χ4v) is 2.91. The maximum atomic E-state index is 12.5. The van der Waals surface area contributed by atoms with E-state index in [-0.39, 0.29) is 17.9 Å². The summed E-state index contributed by atoms with van der Waals surface area (Å²) in [7, 11) is 0. The van der Waals surface area contributed by atoms with E-state index >= 15 is 0 Å². The van der Waals surface area contributed by atoms with E-state index < -0.39 is 6.10 Å². The molecule has 1 aromatic carbocycles. The number of benzene rings is 1. The molecule has 0 spiro atoms. The molecule has 1 aliphatic rings. The summed E-state index contributed by atoms with van der Waals surface area (Å²) >= 11 is 0. The number of amides is 1. The normalized spacial score (nSPS) is 19.9. The van der Waals surface area contributed by atoms with E-state index in [1.807, 2.05) is 31.2 Å². The van der Waals surface area contributed by atoms with Crippen LogP contribution in [0.1, 0.15) is 31.2 Å². The molecule has 0 radical (unpaired) electrons. The van der Waals surface area contributed by atoms with Gasteiger partial charge in [-0.1, -0.05) is 32.0 Å². The Kier molecular flexibility index (Phi) is 4.68. The van der Waals surface area contributed by atoms with Gasteiger partial charge in [0.05, 0.1) is 25.9 Å². The standard InChI is InChI=1S/C18H23NO4/c1-11(2)16(19-18(20)15-10-21-8-9-22-15)17-12(3)13-6-4-5-7-14(13)23-17/h4-7,11,15-16H,8-10H2,1-3H3,(H,19,20)/t15-,16-/m0/s1. The van der Waals surface area contributed by atoms with E-state index in [0.29, 0.717) is 19.8 Å². The van der Waals surface area contributed by atoms with Crippen molar-refractivity contribution in [2.75, 3.05) is 19.8 Å². The lowest BCUT2D eigenvalue weighted by Crippen LogP contribution is -2.45. The zero-order valence-electron chi connectivity index (χ0n) is 13.8. The lowest BCUT2D eigenvalue weighted by atomic mass is 9.98. The number of hydrogen-bond donors (Lipinski definition) is 1. The first kappa shape index (κ1) is 16.0. The Hall–Kier alpha value is -1.85. The zero-order valence-corrected chi connectivity index (χ0v) is 13.8. The van der Waals surface area contributed by atoms with E-state index in [1.165, 1.54) is 0 Å². The van der Waals surface area contributed by atoms with E-state index in [0.717, 1.165) is 22.3 Å². The first-order chi connectivity index (χ1) is 11.1. The van der Waals surface area contributed by atoms with Crippen LogP contribution in [0.2, 0.25) is 0 Å². The minimum Gasteiger partial charge on any atom is -0.459 e. The highest BCUT2D eigenvalue weighted by Crippen LogP contribution is 2.32. The number of hydrogen-bond acceptors (Lipinski definition) is 4. The van der Waals surface area contributed by atoms with Crippen LogP contribution >= 0.6 is 0 Å². The summed E-state index contributed by atoms with van der Waals surface area (Å²) in [5.74, 6) is 0.859. The van der Waals surface area contributed by atoms with E-state index in [2.05, 4.69) is 19.2 Å². The van der Waals surface area contributed by atoms with Gasteiger partial charge in [-0.25, -0.2) is 0 Å². The fraction of sp³-hybridized carbons (Fsp3) is 0.500. The molecule has 23 heavy (non-hydrogen) atoms. The Bertz CT molecular complexity index is 685. The highest BCUT2D eigenvalue weighted by Gasteiger charge is 2.29. The lowest BCUT2D eigenvalue weighted by molar-refractivity contribution is -0.148. The van der Waals surface area contributed by atoms with E-state index in [1.54, 1.807) is 0 Å². The molecule has 1 fully saturated rings. The van der Waals surface area contributed by atoms with Gasteiger partial charge in [-0.3, -0.25) is 4.79 Å². The van der Waals surface area contributed by atoms with Gasteiger partial charge >= 0.3 is 0 Å². The van der Waals surface area contributed by atoms with Gasteiger partial charge < -0.3 is 19.2 Å². The van der Waals surface area contributed by atoms with Crippen molar-refractivity contribution in [2.45, 2.75) is 32.9 Å². The first-order valence-electron chi connectivity index (χ1n) is 8.05. The zero-order chi connectivity index (χ0) is 16.4. The molecule has 3 rings (SSSR count). The minimum absolute atomic E-state index is 0.150. The second kappa shape index (κ2) is 6.72. The van der Waals surface area contributed by atoms with Crippen LogP contribution in [0.4, 0.5) is 0 Å². The molecule has 0 saturated carbocycles. The number of carbonyl (C=O) groups excluding carboxylic acids is 1. The number of ether oxygens (including phenoxy) is 2. The predicted octanol–water partition coefficient (Wildman–Crippen LogP) is 2.97. The summed E-state index contributed by atoms with van der Waals surface area (Å²) in [6.45, 7) is 7.46. The molecule has 1 N–H and O–H groups in total. The smallest absolute Gasteiger partial charge is 0.252 e. The maximum absolute atomic E-state index is 12.5. The molecule has 0 bridgehead atoms. The molecule has 1 aliphatic heterocycles. The van der Waals surface area contributed by atoms with Crippen LogP contribution in [0.5, 0.6) is 0 Å². The van der Waals surface area contributed by atoms with E-state index in [4.69, 9.17) is 13.9 Å². The number of furan rings is 1. The van der Waals surface area contributed by atoms with Gasteiger partial charge in [0.2, 0.25) is 0 Å². The molecule has 2 heterocycles. The molecule has 5 nitrogen and oxygen atoms in total. The lowest BCUT2D eigenvalue weighted by Gasteiger charge is -2.26. The molecule has 124 valence electrons. The number of rotatable bonds is 4. The Morgan fingerprint density at radius 1 is 1.26 bits per heavy atom. The maximum Gasteiger partial charge on any atom is 0.252 e.